The largest absolute Gasteiger partial charge is 0.381 e. The number of aryl methyl sites for hydroxylation is 1. The highest BCUT2D eigenvalue weighted by Gasteiger charge is 2.27. The molecule has 9 heteroatoms. The minimum Gasteiger partial charge on any atom is -0.381 e. The molecule has 0 aliphatic heterocycles. The number of hydrogen-bond acceptors (Lipinski definition) is 5. The number of nitrogen functional groups attached to an aromatic ring is 1. The Morgan fingerprint density at radius 1 is 1.58 bits per heavy atom. The van der Waals surface area contributed by atoms with Crippen LogP contribution in [0.15, 0.2) is 27.3 Å². The van der Waals surface area contributed by atoms with Crippen LogP contribution >= 0.6 is 27.3 Å². The molecule has 0 spiro atoms. The zero-order valence-electron chi connectivity index (χ0n) is 10.4. The van der Waals surface area contributed by atoms with Crippen LogP contribution in [0, 0.1) is 0 Å². The fraction of sp³-hybridized carbons (Fsp3) is 0.300. The summed E-state index contributed by atoms with van der Waals surface area (Å²) in [5.41, 5.74) is 5.62. The Morgan fingerprint density at radius 2 is 2.26 bits per heavy atom. The molecule has 104 valence electrons. The Balaban J connectivity index is 2.30. The predicted octanol–water partition coefficient (Wildman–Crippen LogP) is 1.65. The van der Waals surface area contributed by atoms with Gasteiger partial charge in [-0.1, -0.05) is 0 Å². The van der Waals surface area contributed by atoms with Gasteiger partial charge in [0.25, 0.3) is 10.0 Å². The molecule has 2 heterocycles. The van der Waals surface area contributed by atoms with Crippen molar-refractivity contribution in [3.63, 3.8) is 0 Å². The predicted molar refractivity (Wildman–Crippen MR) is 78.3 cm³/mol. The minimum atomic E-state index is -3.65. The van der Waals surface area contributed by atoms with Gasteiger partial charge in [0, 0.05) is 35.4 Å². The van der Waals surface area contributed by atoms with Gasteiger partial charge in [0.2, 0.25) is 0 Å². The number of thiophene rings is 1. The molecule has 0 atom stereocenters. The lowest BCUT2D eigenvalue weighted by Gasteiger charge is -2.16. The lowest BCUT2D eigenvalue weighted by Crippen LogP contribution is -2.28. The Hall–Kier alpha value is -0.900. The van der Waals surface area contributed by atoms with Gasteiger partial charge in [-0.05, 0) is 22.0 Å². The highest BCUT2D eigenvalue weighted by molar-refractivity contribution is 9.10. The van der Waals surface area contributed by atoms with Crippen molar-refractivity contribution >= 4 is 43.1 Å². The van der Waals surface area contributed by atoms with Gasteiger partial charge in [0.15, 0.2) is 10.8 Å². The molecule has 2 rings (SSSR count). The van der Waals surface area contributed by atoms with Crippen molar-refractivity contribution in [3.8, 4) is 0 Å². The molecular formula is C10H13BrN4O2S2. The van der Waals surface area contributed by atoms with Crippen LogP contribution in [-0.2, 0) is 23.6 Å². The van der Waals surface area contributed by atoms with E-state index in [2.05, 4.69) is 20.9 Å². The molecule has 0 fully saturated rings. The van der Waals surface area contributed by atoms with E-state index in [1.54, 1.807) is 7.05 Å². The van der Waals surface area contributed by atoms with Gasteiger partial charge in [0.05, 0.1) is 6.33 Å². The van der Waals surface area contributed by atoms with Gasteiger partial charge in [-0.2, -0.15) is 4.31 Å². The Bertz CT molecular complexity index is 673. The summed E-state index contributed by atoms with van der Waals surface area (Å²) in [4.78, 5) is 4.75. The summed E-state index contributed by atoms with van der Waals surface area (Å²) in [7, 11) is -0.520. The summed E-state index contributed by atoms with van der Waals surface area (Å²) < 4.78 is 28.5. The van der Waals surface area contributed by atoms with E-state index in [0.29, 0.717) is 6.54 Å². The first-order valence-corrected chi connectivity index (χ1v) is 8.39. The van der Waals surface area contributed by atoms with E-state index in [0.717, 1.165) is 9.35 Å². The first-order chi connectivity index (χ1) is 8.82. The van der Waals surface area contributed by atoms with Crippen molar-refractivity contribution in [2.45, 2.75) is 11.6 Å². The zero-order valence-corrected chi connectivity index (χ0v) is 13.6. The SMILES string of the molecule is CN(Cc1cc(Br)cs1)S(=O)(=O)c1c(N)ncn1C. The van der Waals surface area contributed by atoms with Crippen molar-refractivity contribution < 1.29 is 8.42 Å². The summed E-state index contributed by atoms with van der Waals surface area (Å²) in [5.74, 6) is 0.0155. The molecular weight excluding hydrogens is 352 g/mol. The third kappa shape index (κ3) is 2.83. The highest BCUT2D eigenvalue weighted by Crippen LogP contribution is 2.25. The fourth-order valence-electron chi connectivity index (χ4n) is 1.64. The fourth-order valence-corrected chi connectivity index (χ4v) is 4.56. The highest BCUT2D eigenvalue weighted by atomic mass is 79.9. The zero-order chi connectivity index (χ0) is 14.2. The second-order valence-electron chi connectivity index (χ2n) is 4.04. The van der Waals surface area contributed by atoms with E-state index >= 15 is 0 Å². The number of nitrogens with zero attached hydrogens (tertiary/aromatic N) is 3. The molecule has 0 saturated heterocycles. The van der Waals surface area contributed by atoms with Gasteiger partial charge >= 0.3 is 0 Å². The van der Waals surface area contributed by atoms with Gasteiger partial charge in [0.1, 0.15) is 0 Å². The third-order valence-corrected chi connectivity index (χ3v) is 6.18. The van der Waals surface area contributed by atoms with Crippen LogP contribution in [-0.4, -0.2) is 29.3 Å². The van der Waals surface area contributed by atoms with E-state index in [1.807, 2.05) is 11.4 Å². The molecule has 0 aliphatic carbocycles. The minimum absolute atomic E-state index is 0.0155. The number of halogens is 1. The summed E-state index contributed by atoms with van der Waals surface area (Å²) >= 11 is 4.84. The van der Waals surface area contributed by atoms with E-state index in [4.69, 9.17) is 5.73 Å². The maximum absolute atomic E-state index is 12.4. The van der Waals surface area contributed by atoms with Gasteiger partial charge in [-0.25, -0.2) is 13.4 Å². The quantitative estimate of drug-likeness (QED) is 0.893. The molecule has 0 aromatic carbocycles. The van der Waals surface area contributed by atoms with Crippen molar-refractivity contribution in [1.29, 1.82) is 0 Å². The molecule has 6 nitrogen and oxygen atoms in total. The van der Waals surface area contributed by atoms with Crippen LogP contribution in [0.3, 0.4) is 0 Å². The lowest BCUT2D eigenvalue weighted by atomic mass is 10.5. The van der Waals surface area contributed by atoms with E-state index in [1.165, 1.54) is 33.6 Å². The number of aromatic nitrogens is 2. The van der Waals surface area contributed by atoms with Crippen molar-refractivity contribution in [2.75, 3.05) is 12.8 Å². The van der Waals surface area contributed by atoms with Crippen molar-refractivity contribution in [3.05, 3.63) is 27.1 Å². The maximum atomic E-state index is 12.4. The number of anilines is 1. The first-order valence-electron chi connectivity index (χ1n) is 5.28. The molecule has 0 unspecified atom stereocenters. The van der Waals surface area contributed by atoms with Crippen LogP contribution in [0.2, 0.25) is 0 Å². The average Bonchev–Trinajstić information content (AvgIpc) is 2.85. The van der Waals surface area contributed by atoms with Gasteiger partial charge in [-0.15, -0.1) is 11.3 Å². The van der Waals surface area contributed by atoms with Crippen LogP contribution < -0.4 is 5.73 Å². The maximum Gasteiger partial charge on any atom is 0.262 e. The Kier molecular flexibility index (Phi) is 4.00. The second-order valence-corrected chi connectivity index (χ2v) is 7.91. The molecule has 0 bridgehead atoms. The number of hydrogen-bond donors (Lipinski definition) is 1. The number of imidazole rings is 1. The summed E-state index contributed by atoms with van der Waals surface area (Å²) in [5, 5.41) is 1.93. The molecule has 19 heavy (non-hydrogen) atoms. The Morgan fingerprint density at radius 3 is 2.74 bits per heavy atom. The van der Waals surface area contributed by atoms with E-state index in [9.17, 15) is 8.42 Å². The molecule has 0 aliphatic rings. The topological polar surface area (TPSA) is 81.2 Å². The lowest BCUT2D eigenvalue weighted by molar-refractivity contribution is 0.463. The van der Waals surface area contributed by atoms with E-state index < -0.39 is 10.0 Å². The average molecular weight is 365 g/mol. The van der Waals surface area contributed by atoms with Crippen LogP contribution in [0.25, 0.3) is 0 Å². The monoisotopic (exact) mass is 364 g/mol. The van der Waals surface area contributed by atoms with E-state index in [-0.39, 0.29) is 10.8 Å². The summed E-state index contributed by atoms with van der Waals surface area (Å²) in [6, 6.07) is 1.89. The number of nitrogens with two attached hydrogens (primary N) is 1. The van der Waals surface area contributed by atoms with Gasteiger partial charge < -0.3 is 10.3 Å². The Labute approximate surface area is 124 Å². The molecule has 2 aromatic rings. The standard InChI is InChI=1S/C10H13BrN4O2S2/c1-14-6-13-9(12)10(14)19(16,17)15(2)4-8-3-7(11)5-18-8/h3,5-6H,4,12H2,1-2H3. The van der Waals surface area contributed by atoms with Crippen LogP contribution in [0.4, 0.5) is 5.82 Å². The molecule has 2 aromatic heterocycles. The normalized spacial score (nSPS) is 12.2. The van der Waals surface area contributed by atoms with Crippen LogP contribution in [0.1, 0.15) is 4.88 Å². The van der Waals surface area contributed by atoms with Gasteiger partial charge in [-0.3, -0.25) is 0 Å². The number of sulfonamides is 1. The summed E-state index contributed by atoms with van der Waals surface area (Å²) in [6.07, 6.45) is 1.39. The molecule has 0 saturated carbocycles. The van der Waals surface area contributed by atoms with Crippen molar-refractivity contribution in [2.24, 2.45) is 7.05 Å². The molecule has 2 N–H and O–H groups in total. The first kappa shape index (κ1) is 14.5. The van der Waals surface area contributed by atoms with Crippen LogP contribution in [0.5, 0.6) is 0 Å². The molecule has 0 radical (unpaired) electrons. The smallest absolute Gasteiger partial charge is 0.262 e. The number of rotatable bonds is 4. The summed E-state index contributed by atoms with van der Waals surface area (Å²) in [6.45, 7) is 0.295. The third-order valence-electron chi connectivity index (χ3n) is 2.56. The van der Waals surface area contributed by atoms with Crippen molar-refractivity contribution in [1.82, 2.24) is 13.9 Å². The second kappa shape index (κ2) is 5.23. The molecule has 0 amide bonds.